The van der Waals surface area contributed by atoms with Crippen LogP contribution in [0.4, 0.5) is 11.4 Å². The Kier molecular flexibility index (Phi) is 3.89. The maximum absolute atomic E-state index is 12.9. The van der Waals surface area contributed by atoms with Gasteiger partial charge in [0.25, 0.3) is 17.5 Å². The minimum Gasteiger partial charge on any atom is -0.455 e. The van der Waals surface area contributed by atoms with Gasteiger partial charge in [-0.25, -0.2) is 4.90 Å². The molecule has 0 saturated carbocycles. The first-order chi connectivity index (χ1) is 13.1. The molecule has 2 amide bonds. The summed E-state index contributed by atoms with van der Waals surface area (Å²) in [5.41, 5.74) is -0.373. The predicted molar refractivity (Wildman–Crippen MR) is 97.2 cm³/mol. The highest BCUT2D eigenvalue weighted by Gasteiger charge is 2.42. The summed E-state index contributed by atoms with van der Waals surface area (Å²) in [5.74, 6) is -0.539. The summed E-state index contributed by atoms with van der Waals surface area (Å²) in [4.78, 5) is 37.2. The van der Waals surface area contributed by atoms with Gasteiger partial charge in [0, 0.05) is 6.07 Å². The van der Waals surface area contributed by atoms with Gasteiger partial charge in [-0.3, -0.25) is 19.7 Å². The smallest absolute Gasteiger partial charge is 0.283 e. The summed E-state index contributed by atoms with van der Waals surface area (Å²) < 4.78 is 5.82. The Morgan fingerprint density at radius 3 is 2.26 bits per heavy atom. The maximum Gasteiger partial charge on any atom is 0.283 e. The van der Waals surface area contributed by atoms with Crippen molar-refractivity contribution in [2.45, 2.75) is 0 Å². The van der Waals surface area contributed by atoms with E-state index in [9.17, 15) is 19.7 Å². The molecule has 3 aromatic carbocycles. The number of nitrogens with zero attached hydrogens (tertiary/aromatic N) is 2. The van der Waals surface area contributed by atoms with Crippen LogP contribution in [0.25, 0.3) is 0 Å². The number of ether oxygens (including phenoxy) is 1. The van der Waals surface area contributed by atoms with Gasteiger partial charge in [-0.05, 0) is 30.3 Å². The van der Waals surface area contributed by atoms with Crippen LogP contribution in [0.1, 0.15) is 20.7 Å². The Balaban J connectivity index is 1.80. The fraction of sp³-hybridized carbons (Fsp3) is 0. The van der Waals surface area contributed by atoms with E-state index in [4.69, 9.17) is 4.74 Å². The van der Waals surface area contributed by atoms with E-state index in [1.807, 2.05) is 6.07 Å². The second-order valence-electron chi connectivity index (χ2n) is 5.79. The molecule has 1 heterocycles. The first kappa shape index (κ1) is 16.5. The average molecular weight is 360 g/mol. The lowest BCUT2D eigenvalue weighted by Crippen LogP contribution is -2.29. The van der Waals surface area contributed by atoms with E-state index in [1.165, 1.54) is 18.2 Å². The molecule has 7 heteroatoms. The summed E-state index contributed by atoms with van der Waals surface area (Å²) >= 11 is 0. The highest BCUT2D eigenvalue weighted by molar-refractivity contribution is 6.36. The van der Waals surface area contributed by atoms with Gasteiger partial charge in [-0.2, -0.15) is 0 Å². The second kappa shape index (κ2) is 6.38. The van der Waals surface area contributed by atoms with E-state index < -0.39 is 22.4 Å². The zero-order valence-corrected chi connectivity index (χ0v) is 13.9. The summed E-state index contributed by atoms with van der Waals surface area (Å²) in [7, 11) is 0. The number of anilines is 1. The molecule has 0 fully saturated rings. The van der Waals surface area contributed by atoms with E-state index in [1.54, 1.807) is 48.5 Å². The average Bonchev–Trinajstić information content (AvgIpc) is 2.94. The molecule has 4 rings (SSSR count). The number of hydrogen-bond acceptors (Lipinski definition) is 5. The summed E-state index contributed by atoms with van der Waals surface area (Å²) in [5, 5.41) is 11.3. The molecule has 0 N–H and O–H groups in total. The number of rotatable bonds is 4. The number of hydrogen-bond donors (Lipinski definition) is 0. The number of para-hydroxylation sites is 3. The highest BCUT2D eigenvalue weighted by Crippen LogP contribution is 2.39. The summed E-state index contributed by atoms with van der Waals surface area (Å²) in [6.45, 7) is 0. The molecule has 3 aromatic rings. The normalized spacial score (nSPS) is 12.8. The van der Waals surface area contributed by atoms with Crippen LogP contribution < -0.4 is 9.64 Å². The SMILES string of the molecule is O=C1c2cccc([N+](=O)[O-])c2C(=O)N1c1ccccc1Oc1ccccc1. The third-order valence-corrected chi connectivity index (χ3v) is 4.17. The lowest BCUT2D eigenvalue weighted by atomic mass is 10.1. The quantitative estimate of drug-likeness (QED) is 0.395. The van der Waals surface area contributed by atoms with Crippen molar-refractivity contribution in [1.29, 1.82) is 0 Å². The van der Waals surface area contributed by atoms with Crippen molar-refractivity contribution in [3.05, 3.63) is 94.0 Å². The molecule has 0 aromatic heterocycles. The lowest BCUT2D eigenvalue weighted by Gasteiger charge is -2.18. The van der Waals surface area contributed by atoms with Crippen LogP contribution in [0.3, 0.4) is 0 Å². The van der Waals surface area contributed by atoms with Crippen LogP contribution in [0, 0.1) is 10.1 Å². The Labute approximate surface area is 153 Å². The fourth-order valence-electron chi connectivity index (χ4n) is 2.98. The van der Waals surface area contributed by atoms with Gasteiger partial charge >= 0.3 is 0 Å². The molecule has 0 unspecified atom stereocenters. The number of amides is 2. The van der Waals surface area contributed by atoms with Gasteiger partial charge in [0.05, 0.1) is 16.2 Å². The molecule has 1 aliphatic heterocycles. The molecule has 0 aliphatic carbocycles. The van der Waals surface area contributed by atoms with Crippen LogP contribution >= 0.6 is 0 Å². The van der Waals surface area contributed by atoms with Gasteiger partial charge in [0.15, 0.2) is 5.75 Å². The summed E-state index contributed by atoms with van der Waals surface area (Å²) in [6.07, 6.45) is 0. The Morgan fingerprint density at radius 2 is 1.52 bits per heavy atom. The van der Waals surface area contributed by atoms with Crippen molar-refractivity contribution in [2.24, 2.45) is 0 Å². The van der Waals surface area contributed by atoms with Gasteiger partial charge in [0.1, 0.15) is 11.3 Å². The number of nitro benzene ring substituents is 1. The van der Waals surface area contributed by atoms with E-state index in [2.05, 4.69) is 0 Å². The largest absolute Gasteiger partial charge is 0.455 e. The number of imide groups is 1. The molecule has 132 valence electrons. The predicted octanol–water partition coefficient (Wildman–Crippen LogP) is 4.19. The van der Waals surface area contributed by atoms with E-state index >= 15 is 0 Å². The van der Waals surface area contributed by atoms with Crippen molar-refractivity contribution < 1.29 is 19.2 Å². The molecule has 0 saturated heterocycles. The molecule has 0 bridgehead atoms. The minimum atomic E-state index is -0.744. The Hall–Kier alpha value is -4.00. The first-order valence-corrected chi connectivity index (χ1v) is 8.06. The van der Waals surface area contributed by atoms with Crippen LogP contribution in [-0.2, 0) is 0 Å². The zero-order chi connectivity index (χ0) is 19.0. The molecule has 7 nitrogen and oxygen atoms in total. The minimum absolute atomic E-state index is 0.00344. The fourth-order valence-corrected chi connectivity index (χ4v) is 2.98. The van der Waals surface area contributed by atoms with Crippen LogP contribution in [0.2, 0.25) is 0 Å². The topological polar surface area (TPSA) is 89.8 Å². The summed E-state index contributed by atoms with van der Waals surface area (Å²) in [6, 6.07) is 19.5. The van der Waals surface area contributed by atoms with Crippen LogP contribution in [-0.4, -0.2) is 16.7 Å². The molecule has 27 heavy (non-hydrogen) atoms. The highest BCUT2D eigenvalue weighted by atomic mass is 16.6. The van der Waals surface area contributed by atoms with Gasteiger partial charge in [-0.15, -0.1) is 0 Å². The maximum atomic E-state index is 12.9. The number of carbonyl (C=O) groups excluding carboxylic acids is 2. The third-order valence-electron chi connectivity index (χ3n) is 4.17. The standard InChI is InChI=1S/C20H12N2O5/c23-19-14-9-6-11-16(22(25)26)18(14)20(24)21(19)15-10-4-5-12-17(15)27-13-7-2-1-3-8-13/h1-12H. The molecule has 1 aliphatic rings. The molecule has 0 spiro atoms. The first-order valence-electron chi connectivity index (χ1n) is 8.06. The third kappa shape index (κ3) is 2.71. The van der Waals surface area contributed by atoms with Gasteiger partial charge < -0.3 is 4.74 Å². The number of benzene rings is 3. The van der Waals surface area contributed by atoms with Gasteiger partial charge in [0.2, 0.25) is 0 Å². The number of nitro groups is 1. The number of carbonyl (C=O) groups is 2. The molecular formula is C20H12N2O5. The van der Waals surface area contributed by atoms with Crippen molar-refractivity contribution >= 4 is 23.2 Å². The van der Waals surface area contributed by atoms with E-state index in [0.717, 1.165) is 4.90 Å². The van der Waals surface area contributed by atoms with E-state index in [0.29, 0.717) is 11.5 Å². The Morgan fingerprint density at radius 1 is 0.815 bits per heavy atom. The molecular weight excluding hydrogens is 348 g/mol. The molecule has 0 radical (unpaired) electrons. The van der Waals surface area contributed by atoms with Gasteiger partial charge in [-0.1, -0.05) is 36.4 Å². The van der Waals surface area contributed by atoms with Crippen LogP contribution in [0.5, 0.6) is 11.5 Å². The lowest BCUT2D eigenvalue weighted by molar-refractivity contribution is -0.385. The monoisotopic (exact) mass is 360 g/mol. The van der Waals surface area contributed by atoms with Crippen LogP contribution in [0.15, 0.2) is 72.8 Å². The van der Waals surface area contributed by atoms with Crippen molar-refractivity contribution in [1.82, 2.24) is 0 Å². The second-order valence-corrected chi connectivity index (χ2v) is 5.79. The number of fused-ring (bicyclic) bond motifs is 1. The van der Waals surface area contributed by atoms with Crippen molar-refractivity contribution in [3.63, 3.8) is 0 Å². The zero-order valence-electron chi connectivity index (χ0n) is 13.9. The van der Waals surface area contributed by atoms with E-state index in [-0.39, 0.29) is 16.8 Å². The van der Waals surface area contributed by atoms with Crippen molar-refractivity contribution in [2.75, 3.05) is 4.90 Å². The van der Waals surface area contributed by atoms with Crippen molar-refractivity contribution in [3.8, 4) is 11.5 Å². The molecule has 0 atom stereocenters. The Bertz CT molecular complexity index is 1080.